The van der Waals surface area contributed by atoms with Gasteiger partial charge in [-0.2, -0.15) is 13.2 Å². The van der Waals surface area contributed by atoms with Crippen LogP contribution < -0.4 is 0 Å². The number of hydrogen-bond acceptors (Lipinski definition) is 1. The molecule has 0 heterocycles. The minimum absolute atomic E-state index is 0.118. The van der Waals surface area contributed by atoms with Crippen molar-refractivity contribution in [2.45, 2.75) is 31.9 Å². The Bertz CT molecular complexity index is 365. The Labute approximate surface area is 98.6 Å². The molecular formula is C13H14F3O. The number of hydrogen-bond donors (Lipinski definition) is 0. The van der Waals surface area contributed by atoms with E-state index in [2.05, 4.69) is 6.92 Å². The number of carbonyl (C=O) groups excluding carboxylic acids is 1. The summed E-state index contributed by atoms with van der Waals surface area (Å²) in [6, 6.07) is 4.34. The number of ketones is 1. The van der Waals surface area contributed by atoms with E-state index in [4.69, 9.17) is 0 Å². The minimum Gasteiger partial charge on any atom is -0.294 e. The summed E-state index contributed by atoms with van der Waals surface area (Å²) >= 11 is 0. The van der Waals surface area contributed by atoms with Gasteiger partial charge in [0.25, 0.3) is 0 Å². The van der Waals surface area contributed by atoms with Crippen LogP contribution in [0.3, 0.4) is 0 Å². The maximum absolute atomic E-state index is 12.3. The highest BCUT2D eigenvalue weighted by Gasteiger charge is 2.30. The number of Topliss-reactive ketones (excluding diaryl/α,β-unsaturated/α-hetero) is 1. The van der Waals surface area contributed by atoms with E-state index >= 15 is 0 Å². The molecule has 0 fully saturated rings. The minimum atomic E-state index is -4.35. The fourth-order valence-electron chi connectivity index (χ4n) is 1.45. The van der Waals surface area contributed by atoms with Crippen molar-refractivity contribution in [2.24, 2.45) is 0 Å². The topological polar surface area (TPSA) is 17.1 Å². The lowest BCUT2D eigenvalue weighted by atomic mass is 10.0. The van der Waals surface area contributed by atoms with Crippen LogP contribution in [0.25, 0.3) is 0 Å². The third-order valence-electron chi connectivity index (χ3n) is 2.44. The largest absolute Gasteiger partial charge is 0.416 e. The van der Waals surface area contributed by atoms with Gasteiger partial charge in [-0.05, 0) is 18.6 Å². The molecule has 4 heteroatoms. The molecule has 0 bridgehead atoms. The van der Waals surface area contributed by atoms with Gasteiger partial charge < -0.3 is 0 Å². The number of halogens is 3. The van der Waals surface area contributed by atoms with Crippen LogP contribution in [0.4, 0.5) is 13.2 Å². The predicted octanol–water partition coefficient (Wildman–Crippen LogP) is 4.28. The molecular weight excluding hydrogens is 229 g/mol. The molecule has 0 saturated heterocycles. The molecule has 1 aromatic carbocycles. The van der Waals surface area contributed by atoms with Gasteiger partial charge in [0.05, 0.1) is 5.56 Å². The van der Waals surface area contributed by atoms with Crippen molar-refractivity contribution in [3.8, 4) is 0 Å². The van der Waals surface area contributed by atoms with Crippen LogP contribution in [0.1, 0.15) is 41.6 Å². The van der Waals surface area contributed by atoms with Crippen molar-refractivity contribution in [3.63, 3.8) is 0 Å². The van der Waals surface area contributed by atoms with Crippen LogP contribution in [-0.2, 0) is 6.18 Å². The van der Waals surface area contributed by atoms with Gasteiger partial charge >= 0.3 is 6.18 Å². The van der Waals surface area contributed by atoms with Gasteiger partial charge in [0.1, 0.15) is 0 Å². The summed E-state index contributed by atoms with van der Waals surface area (Å²) in [5.41, 5.74) is -0.395. The van der Waals surface area contributed by atoms with E-state index in [0.29, 0.717) is 12.0 Å². The van der Waals surface area contributed by atoms with E-state index < -0.39 is 11.7 Å². The summed E-state index contributed by atoms with van der Waals surface area (Å²) in [6.07, 6.45) is -1.65. The lowest BCUT2D eigenvalue weighted by molar-refractivity contribution is -0.137. The predicted molar refractivity (Wildman–Crippen MR) is 59.6 cm³/mol. The number of unbranched alkanes of at least 4 members (excludes halogenated alkanes) is 2. The summed E-state index contributed by atoms with van der Waals surface area (Å²) in [4.78, 5) is 11.6. The molecule has 1 radical (unpaired) electrons. The lowest BCUT2D eigenvalue weighted by Gasteiger charge is -2.07. The molecule has 93 valence electrons. The van der Waals surface area contributed by atoms with Crippen LogP contribution >= 0.6 is 0 Å². The highest BCUT2D eigenvalue weighted by Crippen LogP contribution is 2.29. The number of alkyl halides is 3. The quantitative estimate of drug-likeness (QED) is 0.557. The summed E-state index contributed by atoms with van der Waals surface area (Å²) < 4.78 is 36.8. The van der Waals surface area contributed by atoms with Gasteiger partial charge in [-0.15, -0.1) is 0 Å². The van der Waals surface area contributed by atoms with Crippen LogP contribution in [0.15, 0.2) is 24.3 Å². The summed E-state index contributed by atoms with van der Waals surface area (Å²) in [7, 11) is 0. The van der Waals surface area contributed by atoms with Gasteiger partial charge in [-0.25, -0.2) is 0 Å². The smallest absolute Gasteiger partial charge is 0.294 e. The maximum Gasteiger partial charge on any atom is 0.416 e. The molecule has 0 aromatic heterocycles. The van der Waals surface area contributed by atoms with Gasteiger partial charge in [-0.3, -0.25) is 4.79 Å². The fraction of sp³-hybridized carbons (Fsp3) is 0.385. The third-order valence-corrected chi connectivity index (χ3v) is 2.44. The van der Waals surface area contributed by atoms with E-state index in [-0.39, 0.29) is 5.78 Å². The standard InChI is InChI=1S/C13H14F3O/c1-2-3-4-5-12(17)10-6-8-11(9-7-10)13(14,15)16/h6-9H,1-5H2. The first-order chi connectivity index (χ1) is 7.95. The molecule has 0 N–H and O–H groups in total. The van der Waals surface area contributed by atoms with E-state index in [1.165, 1.54) is 12.1 Å². The van der Waals surface area contributed by atoms with Crippen molar-refractivity contribution >= 4 is 5.78 Å². The maximum atomic E-state index is 12.3. The Morgan fingerprint density at radius 1 is 1.12 bits per heavy atom. The molecule has 0 atom stereocenters. The Kier molecular flexibility index (Phi) is 4.73. The SMILES string of the molecule is [CH2]CCCCC(=O)c1ccc(C(F)(F)F)cc1. The van der Waals surface area contributed by atoms with E-state index in [1.54, 1.807) is 0 Å². The fourth-order valence-corrected chi connectivity index (χ4v) is 1.45. The van der Waals surface area contributed by atoms with Crippen molar-refractivity contribution < 1.29 is 18.0 Å². The molecule has 1 rings (SSSR count). The van der Waals surface area contributed by atoms with Gasteiger partial charge in [0.15, 0.2) is 5.78 Å². The van der Waals surface area contributed by atoms with Crippen molar-refractivity contribution in [3.05, 3.63) is 42.3 Å². The highest BCUT2D eigenvalue weighted by molar-refractivity contribution is 5.96. The van der Waals surface area contributed by atoms with Crippen LogP contribution in [0.2, 0.25) is 0 Å². The second-order valence-electron chi connectivity index (χ2n) is 3.81. The van der Waals surface area contributed by atoms with E-state index in [0.717, 1.165) is 31.4 Å². The normalized spacial score (nSPS) is 11.5. The van der Waals surface area contributed by atoms with E-state index in [1.807, 2.05) is 0 Å². The van der Waals surface area contributed by atoms with Crippen LogP contribution in [0, 0.1) is 6.92 Å². The molecule has 17 heavy (non-hydrogen) atoms. The number of carbonyl (C=O) groups is 1. The van der Waals surface area contributed by atoms with Gasteiger partial charge in [-0.1, -0.05) is 31.9 Å². The highest BCUT2D eigenvalue weighted by atomic mass is 19.4. The van der Waals surface area contributed by atoms with Crippen molar-refractivity contribution in [1.29, 1.82) is 0 Å². The molecule has 0 amide bonds. The molecule has 1 nitrogen and oxygen atoms in total. The molecule has 0 saturated carbocycles. The van der Waals surface area contributed by atoms with Crippen LogP contribution in [-0.4, -0.2) is 5.78 Å². The first-order valence-electron chi connectivity index (χ1n) is 5.45. The molecule has 1 aromatic rings. The number of rotatable bonds is 5. The van der Waals surface area contributed by atoms with Crippen molar-refractivity contribution in [2.75, 3.05) is 0 Å². The average Bonchev–Trinajstić information content (AvgIpc) is 2.28. The first-order valence-corrected chi connectivity index (χ1v) is 5.45. The van der Waals surface area contributed by atoms with Gasteiger partial charge in [0, 0.05) is 12.0 Å². The summed E-state index contributed by atoms with van der Waals surface area (Å²) in [6.45, 7) is 3.66. The summed E-state index contributed by atoms with van der Waals surface area (Å²) in [5, 5.41) is 0. The van der Waals surface area contributed by atoms with E-state index in [9.17, 15) is 18.0 Å². The van der Waals surface area contributed by atoms with Crippen LogP contribution in [0.5, 0.6) is 0 Å². The Hall–Kier alpha value is -1.32. The first kappa shape index (κ1) is 13.7. The van der Waals surface area contributed by atoms with Gasteiger partial charge in [0.2, 0.25) is 0 Å². The Morgan fingerprint density at radius 3 is 2.18 bits per heavy atom. The zero-order valence-corrected chi connectivity index (χ0v) is 9.39. The molecule has 0 spiro atoms. The molecule has 0 unspecified atom stereocenters. The monoisotopic (exact) mass is 243 g/mol. The molecule has 0 aliphatic heterocycles. The average molecular weight is 243 g/mol. The Morgan fingerprint density at radius 2 is 1.71 bits per heavy atom. The zero-order chi connectivity index (χ0) is 12.9. The lowest BCUT2D eigenvalue weighted by Crippen LogP contribution is -2.06. The molecule has 0 aliphatic rings. The second-order valence-corrected chi connectivity index (χ2v) is 3.81. The second kappa shape index (κ2) is 5.84. The Balaban J connectivity index is 2.64. The summed E-state index contributed by atoms with van der Waals surface area (Å²) in [5.74, 6) is -0.118. The third kappa shape index (κ3) is 4.21. The zero-order valence-electron chi connectivity index (χ0n) is 9.39. The number of benzene rings is 1. The van der Waals surface area contributed by atoms with Crippen molar-refractivity contribution in [1.82, 2.24) is 0 Å². The molecule has 0 aliphatic carbocycles.